The molecule has 5 heteroatoms. The maximum absolute atomic E-state index is 13.8. The molecule has 0 aromatic heterocycles. The largest absolute Gasteiger partial charge is 0.322 e. The highest BCUT2D eigenvalue weighted by Gasteiger charge is 2.12. The molecule has 0 aliphatic carbocycles. The van der Waals surface area contributed by atoms with Crippen molar-refractivity contribution < 1.29 is 13.4 Å². The minimum Gasteiger partial charge on any atom is -0.322 e. The van der Waals surface area contributed by atoms with E-state index in [1.165, 1.54) is 18.4 Å². The van der Waals surface area contributed by atoms with Crippen LogP contribution in [0.25, 0.3) is 0 Å². The molecular weight excluding hydrogens is 289 g/mol. The molecule has 0 radical (unpaired) electrons. The average Bonchev–Trinajstić information content (AvgIpc) is 2.41. The van der Waals surface area contributed by atoms with Gasteiger partial charge in [0.05, 0.1) is 15.7 Å². The van der Waals surface area contributed by atoms with E-state index >= 15 is 0 Å². The second-order valence-electron chi connectivity index (χ2n) is 4.80. The molecule has 2 aromatic carbocycles. The first-order valence-corrected chi connectivity index (χ1v) is 7.96. The third-order valence-electron chi connectivity index (χ3n) is 3.35. The Kier molecular flexibility index (Phi) is 4.53. The topological polar surface area (TPSA) is 46.2 Å². The van der Waals surface area contributed by atoms with Crippen LogP contribution in [0.5, 0.6) is 0 Å². The minimum absolute atomic E-state index is 0.125. The third kappa shape index (κ3) is 3.36. The van der Waals surface area contributed by atoms with Crippen molar-refractivity contribution in [3.8, 4) is 0 Å². The SMILES string of the molecule is Cc1cccc(C(=O)Nc2ccc([S@@](C)=O)c(F)c2)c1C. The lowest BCUT2D eigenvalue weighted by atomic mass is 10.0. The van der Waals surface area contributed by atoms with Crippen molar-refractivity contribution in [3.63, 3.8) is 0 Å². The number of aryl methyl sites for hydroxylation is 1. The Morgan fingerprint density at radius 1 is 1.19 bits per heavy atom. The van der Waals surface area contributed by atoms with Gasteiger partial charge in [-0.1, -0.05) is 12.1 Å². The average molecular weight is 305 g/mol. The summed E-state index contributed by atoms with van der Waals surface area (Å²) in [7, 11) is -1.39. The van der Waals surface area contributed by atoms with Crippen LogP contribution < -0.4 is 5.32 Å². The lowest BCUT2D eigenvalue weighted by Crippen LogP contribution is -2.14. The number of carbonyl (C=O) groups excluding carboxylic acids is 1. The molecule has 0 unspecified atom stereocenters. The highest BCUT2D eigenvalue weighted by atomic mass is 32.2. The van der Waals surface area contributed by atoms with Gasteiger partial charge in [0.25, 0.3) is 5.91 Å². The van der Waals surface area contributed by atoms with Gasteiger partial charge >= 0.3 is 0 Å². The number of amides is 1. The normalized spacial score (nSPS) is 12.0. The number of anilines is 1. The van der Waals surface area contributed by atoms with Crippen molar-refractivity contribution in [2.45, 2.75) is 18.7 Å². The van der Waals surface area contributed by atoms with Crippen LogP contribution in [-0.2, 0) is 10.8 Å². The molecule has 1 N–H and O–H groups in total. The number of hydrogen-bond acceptors (Lipinski definition) is 2. The van der Waals surface area contributed by atoms with E-state index in [0.29, 0.717) is 11.3 Å². The Morgan fingerprint density at radius 3 is 2.52 bits per heavy atom. The molecule has 110 valence electrons. The van der Waals surface area contributed by atoms with Gasteiger partial charge in [0, 0.05) is 17.5 Å². The zero-order chi connectivity index (χ0) is 15.6. The summed E-state index contributed by atoms with van der Waals surface area (Å²) < 4.78 is 25.0. The van der Waals surface area contributed by atoms with Gasteiger partial charge in [0.15, 0.2) is 0 Å². The lowest BCUT2D eigenvalue weighted by molar-refractivity contribution is 0.102. The standard InChI is InChI=1S/C16H16FNO2S/c1-10-5-4-6-13(11(10)2)16(19)18-12-7-8-15(21(3)20)14(17)9-12/h4-9H,1-3H3,(H,18,19)/t21-/m1/s1. The highest BCUT2D eigenvalue weighted by Crippen LogP contribution is 2.19. The molecule has 0 bridgehead atoms. The van der Waals surface area contributed by atoms with Crippen LogP contribution in [0.3, 0.4) is 0 Å². The maximum Gasteiger partial charge on any atom is 0.255 e. The Morgan fingerprint density at radius 2 is 1.90 bits per heavy atom. The Labute approximate surface area is 125 Å². The van der Waals surface area contributed by atoms with Crippen LogP contribution in [0.15, 0.2) is 41.3 Å². The van der Waals surface area contributed by atoms with Crippen LogP contribution in [-0.4, -0.2) is 16.4 Å². The summed E-state index contributed by atoms with van der Waals surface area (Å²) in [4.78, 5) is 12.3. The van der Waals surface area contributed by atoms with Crippen molar-refractivity contribution in [2.24, 2.45) is 0 Å². The molecule has 0 fully saturated rings. The van der Waals surface area contributed by atoms with Crippen molar-refractivity contribution in [3.05, 3.63) is 58.9 Å². The zero-order valence-corrected chi connectivity index (χ0v) is 12.9. The Balaban J connectivity index is 2.26. The van der Waals surface area contributed by atoms with Crippen molar-refractivity contribution in [1.29, 1.82) is 0 Å². The van der Waals surface area contributed by atoms with Gasteiger partial charge in [-0.05, 0) is 49.2 Å². The van der Waals surface area contributed by atoms with E-state index in [4.69, 9.17) is 0 Å². The number of carbonyl (C=O) groups is 1. The van der Waals surface area contributed by atoms with Crippen molar-refractivity contribution >= 4 is 22.4 Å². The monoisotopic (exact) mass is 305 g/mol. The highest BCUT2D eigenvalue weighted by molar-refractivity contribution is 7.84. The van der Waals surface area contributed by atoms with E-state index in [1.807, 2.05) is 19.9 Å². The summed E-state index contributed by atoms with van der Waals surface area (Å²) in [6, 6.07) is 9.61. The second-order valence-corrected chi connectivity index (χ2v) is 6.15. The number of hydrogen-bond donors (Lipinski definition) is 1. The molecule has 1 atom stereocenters. The third-order valence-corrected chi connectivity index (χ3v) is 4.30. The van der Waals surface area contributed by atoms with Crippen LogP contribution >= 0.6 is 0 Å². The number of nitrogens with one attached hydrogen (secondary N) is 1. The molecule has 3 nitrogen and oxygen atoms in total. The molecular formula is C16H16FNO2S. The predicted octanol–water partition coefficient (Wildman–Crippen LogP) is 3.43. The summed E-state index contributed by atoms with van der Waals surface area (Å²) in [6.45, 7) is 3.80. The van der Waals surface area contributed by atoms with Crippen molar-refractivity contribution in [1.82, 2.24) is 0 Å². The molecule has 0 spiro atoms. The first-order valence-electron chi connectivity index (χ1n) is 6.40. The van der Waals surface area contributed by atoms with Gasteiger partial charge in [-0.2, -0.15) is 0 Å². The minimum atomic E-state index is -1.39. The zero-order valence-electron chi connectivity index (χ0n) is 12.1. The molecule has 0 aliphatic heterocycles. The Hall–Kier alpha value is -2.01. The summed E-state index contributed by atoms with van der Waals surface area (Å²) in [6.07, 6.45) is 1.41. The van der Waals surface area contributed by atoms with Gasteiger partial charge in [-0.25, -0.2) is 4.39 Å². The molecule has 0 saturated heterocycles. The maximum atomic E-state index is 13.8. The Bertz CT molecular complexity index is 728. The van der Waals surface area contributed by atoms with E-state index in [0.717, 1.165) is 11.1 Å². The first kappa shape index (κ1) is 15.4. The molecule has 2 aromatic rings. The fraction of sp³-hybridized carbons (Fsp3) is 0.188. The quantitative estimate of drug-likeness (QED) is 0.944. The lowest BCUT2D eigenvalue weighted by Gasteiger charge is -2.10. The molecule has 0 aliphatic rings. The van der Waals surface area contributed by atoms with Gasteiger partial charge in [-0.3, -0.25) is 9.00 Å². The van der Waals surface area contributed by atoms with Gasteiger partial charge < -0.3 is 5.32 Å². The summed E-state index contributed by atoms with van der Waals surface area (Å²) in [5.41, 5.74) is 2.80. The van der Waals surface area contributed by atoms with Gasteiger partial charge in [0.1, 0.15) is 5.82 Å². The van der Waals surface area contributed by atoms with Gasteiger partial charge in [-0.15, -0.1) is 0 Å². The molecule has 2 rings (SSSR count). The number of benzene rings is 2. The van der Waals surface area contributed by atoms with E-state index in [9.17, 15) is 13.4 Å². The number of rotatable bonds is 3. The van der Waals surface area contributed by atoms with E-state index in [-0.39, 0.29) is 10.8 Å². The smallest absolute Gasteiger partial charge is 0.255 e. The summed E-state index contributed by atoms with van der Waals surface area (Å²) >= 11 is 0. The van der Waals surface area contributed by atoms with Crippen LogP contribution in [0, 0.1) is 19.7 Å². The summed E-state index contributed by atoms with van der Waals surface area (Å²) in [5, 5.41) is 2.66. The van der Waals surface area contributed by atoms with E-state index in [2.05, 4.69) is 5.32 Å². The van der Waals surface area contributed by atoms with Crippen LogP contribution in [0.2, 0.25) is 0 Å². The van der Waals surface area contributed by atoms with E-state index in [1.54, 1.807) is 18.2 Å². The van der Waals surface area contributed by atoms with E-state index < -0.39 is 16.6 Å². The predicted molar refractivity (Wildman–Crippen MR) is 82.6 cm³/mol. The van der Waals surface area contributed by atoms with Crippen LogP contribution in [0.4, 0.5) is 10.1 Å². The number of halogens is 1. The fourth-order valence-electron chi connectivity index (χ4n) is 2.01. The van der Waals surface area contributed by atoms with Crippen molar-refractivity contribution in [2.75, 3.05) is 11.6 Å². The molecule has 0 saturated carbocycles. The molecule has 0 heterocycles. The fourth-order valence-corrected chi connectivity index (χ4v) is 2.60. The van der Waals surface area contributed by atoms with Crippen LogP contribution in [0.1, 0.15) is 21.5 Å². The molecule has 21 heavy (non-hydrogen) atoms. The molecule has 1 amide bonds. The summed E-state index contributed by atoms with van der Waals surface area (Å²) in [5.74, 6) is -0.879. The second kappa shape index (κ2) is 6.18. The first-order chi connectivity index (χ1) is 9.90. The van der Waals surface area contributed by atoms with Gasteiger partial charge in [0.2, 0.25) is 0 Å².